The minimum Gasteiger partial charge on any atom is -0.493 e. The second-order valence-corrected chi connectivity index (χ2v) is 6.36. The van der Waals surface area contributed by atoms with E-state index in [-0.39, 0.29) is 5.91 Å². The smallest absolute Gasteiger partial charge is 0.227 e. The van der Waals surface area contributed by atoms with E-state index in [0.717, 1.165) is 30.8 Å². The number of fused-ring (bicyclic) bond motifs is 1. The highest BCUT2D eigenvalue weighted by atomic mass is 16.5. The molecule has 1 unspecified atom stereocenters. The van der Waals surface area contributed by atoms with Gasteiger partial charge in [-0.2, -0.15) is 0 Å². The molecule has 124 valence electrons. The number of amides is 1. The Labute approximate surface area is 138 Å². The standard InChI is InChI=1S/C19H25NO3/c1-22-17-10-15-8-9-20(13-14-6-4-3-5-7-14)19(21)12-16(15)11-18(17)23-2/h4,6,10-11,14H,3,5,7-9,12-13H2,1-2H3. The summed E-state index contributed by atoms with van der Waals surface area (Å²) < 4.78 is 10.8. The molecule has 0 radical (unpaired) electrons. The largest absolute Gasteiger partial charge is 0.493 e. The molecule has 4 heteroatoms. The van der Waals surface area contributed by atoms with E-state index in [1.54, 1.807) is 14.2 Å². The summed E-state index contributed by atoms with van der Waals surface area (Å²) in [6, 6.07) is 3.97. The van der Waals surface area contributed by atoms with Crippen molar-refractivity contribution in [3.63, 3.8) is 0 Å². The van der Waals surface area contributed by atoms with Gasteiger partial charge in [-0.15, -0.1) is 0 Å². The highest BCUT2D eigenvalue weighted by Crippen LogP contribution is 2.32. The number of carbonyl (C=O) groups is 1. The van der Waals surface area contributed by atoms with Gasteiger partial charge < -0.3 is 14.4 Å². The van der Waals surface area contributed by atoms with Crippen LogP contribution < -0.4 is 9.47 Å². The molecule has 23 heavy (non-hydrogen) atoms. The van der Waals surface area contributed by atoms with Crippen LogP contribution in [0.1, 0.15) is 30.4 Å². The summed E-state index contributed by atoms with van der Waals surface area (Å²) in [5.41, 5.74) is 2.26. The van der Waals surface area contributed by atoms with Gasteiger partial charge in [-0.3, -0.25) is 4.79 Å². The lowest BCUT2D eigenvalue weighted by Crippen LogP contribution is -2.36. The summed E-state index contributed by atoms with van der Waals surface area (Å²) in [5.74, 6) is 2.16. The lowest BCUT2D eigenvalue weighted by molar-refractivity contribution is -0.130. The van der Waals surface area contributed by atoms with Gasteiger partial charge in [0.2, 0.25) is 5.91 Å². The number of ether oxygens (including phenoxy) is 2. The van der Waals surface area contributed by atoms with E-state index in [0.29, 0.717) is 18.1 Å². The van der Waals surface area contributed by atoms with E-state index in [1.165, 1.54) is 24.8 Å². The number of nitrogens with zero attached hydrogens (tertiary/aromatic N) is 1. The molecule has 0 fully saturated rings. The van der Waals surface area contributed by atoms with Crippen LogP contribution in [0.25, 0.3) is 0 Å². The van der Waals surface area contributed by atoms with Crippen molar-refractivity contribution in [3.05, 3.63) is 35.4 Å². The van der Waals surface area contributed by atoms with Gasteiger partial charge in [0.05, 0.1) is 20.6 Å². The summed E-state index contributed by atoms with van der Waals surface area (Å²) in [4.78, 5) is 14.7. The third kappa shape index (κ3) is 3.52. The van der Waals surface area contributed by atoms with Gasteiger partial charge in [0.25, 0.3) is 0 Å². The lowest BCUT2D eigenvalue weighted by atomic mass is 9.95. The Morgan fingerprint density at radius 1 is 1.17 bits per heavy atom. The zero-order chi connectivity index (χ0) is 16.2. The first kappa shape index (κ1) is 15.9. The van der Waals surface area contributed by atoms with Crippen molar-refractivity contribution in [2.45, 2.75) is 32.1 Å². The number of hydrogen-bond donors (Lipinski definition) is 0. The van der Waals surface area contributed by atoms with Crippen molar-refractivity contribution in [1.29, 1.82) is 0 Å². The molecule has 0 saturated carbocycles. The van der Waals surface area contributed by atoms with Gasteiger partial charge in [0.15, 0.2) is 11.5 Å². The molecule has 0 spiro atoms. The second kappa shape index (κ2) is 7.07. The highest BCUT2D eigenvalue weighted by molar-refractivity contribution is 5.80. The van der Waals surface area contributed by atoms with Crippen LogP contribution in [0.5, 0.6) is 11.5 Å². The third-order valence-corrected chi connectivity index (χ3v) is 4.86. The topological polar surface area (TPSA) is 38.8 Å². The van der Waals surface area contributed by atoms with Crippen LogP contribution in [0.4, 0.5) is 0 Å². The van der Waals surface area contributed by atoms with Crippen LogP contribution in [0.15, 0.2) is 24.3 Å². The van der Waals surface area contributed by atoms with E-state index in [4.69, 9.17) is 9.47 Å². The number of hydrogen-bond acceptors (Lipinski definition) is 3. The maximum atomic E-state index is 12.6. The molecular formula is C19H25NO3. The summed E-state index contributed by atoms with van der Waals surface area (Å²) in [6.07, 6.45) is 9.45. The van der Waals surface area contributed by atoms with Crippen LogP contribution in [0, 0.1) is 5.92 Å². The van der Waals surface area contributed by atoms with E-state index in [2.05, 4.69) is 12.2 Å². The lowest BCUT2D eigenvalue weighted by Gasteiger charge is -2.26. The van der Waals surface area contributed by atoms with Crippen LogP contribution in [-0.2, 0) is 17.6 Å². The van der Waals surface area contributed by atoms with Crippen molar-refractivity contribution in [1.82, 2.24) is 4.90 Å². The summed E-state index contributed by atoms with van der Waals surface area (Å²) >= 11 is 0. The second-order valence-electron chi connectivity index (χ2n) is 6.36. The van der Waals surface area contributed by atoms with Crippen LogP contribution >= 0.6 is 0 Å². The minimum absolute atomic E-state index is 0.218. The molecule has 1 aliphatic carbocycles. The van der Waals surface area contributed by atoms with Gasteiger partial charge in [0.1, 0.15) is 0 Å². The van der Waals surface area contributed by atoms with Gasteiger partial charge in [-0.1, -0.05) is 12.2 Å². The van der Waals surface area contributed by atoms with E-state index >= 15 is 0 Å². The fourth-order valence-electron chi connectivity index (χ4n) is 3.53. The predicted octanol–water partition coefficient (Wildman–Crippen LogP) is 2.99. The molecule has 0 bridgehead atoms. The molecule has 1 aromatic carbocycles. The SMILES string of the molecule is COc1cc2c(cc1OC)CC(=O)N(CC1C=CCCC1)CC2. The summed E-state index contributed by atoms with van der Waals surface area (Å²) in [7, 11) is 3.28. The van der Waals surface area contributed by atoms with Crippen molar-refractivity contribution >= 4 is 5.91 Å². The Morgan fingerprint density at radius 3 is 2.57 bits per heavy atom. The van der Waals surface area contributed by atoms with Gasteiger partial charge >= 0.3 is 0 Å². The monoisotopic (exact) mass is 315 g/mol. The van der Waals surface area contributed by atoms with Gasteiger partial charge in [0, 0.05) is 13.1 Å². The minimum atomic E-state index is 0.218. The van der Waals surface area contributed by atoms with Gasteiger partial charge in [-0.25, -0.2) is 0 Å². The van der Waals surface area contributed by atoms with Crippen LogP contribution in [0.3, 0.4) is 0 Å². The predicted molar refractivity (Wildman–Crippen MR) is 90.0 cm³/mol. The van der Waals surface area contributed by atoms with Crippen molar-refractivity contribution < 1.29 is 14.3 Å². The molecular weight excluding hydrogens is 290 g/mol. The molecule has 2 aliphatic rings. The molecule has 1 atom stereocenters. The molecule has 1 aromatic rings. The molecule has 1 heterocycles. The fraction of sp³-hybridized carbons (Fsp3) is 0.526. The quantitative estimate of drug-likeness (QED) is 0.802. The first-order chi connectivity index (χ1) is 11.2. The number of benzene rings is 1. The Kier molecular flexibility index (Phi) is 4.89. The number of rotatable bonds is 4. The molecule has 1 aliphatic heterocycles. The molecule has 3 rings (SSSR count). The fourth-order valence-corrected chi connectivity index (χ4v) is 3.53. The Morgan fingerprint density at radius 2 is 1.91 bits per heavy atom. The van der Waals surface area contributed by atoms with Crippen LogP contribution in [0.2, 0.25) is 0 Å². The highest BCUT2D eigenvalue weighted by Gasteiger charge is 2.24. The van der Waals surface area contributed by atoms with Crippen molar-refractivity contribution in [3.8, 4) is 11.5 Å². The number of allylic oxidation sites excluding steroid dienone is 1. The molecule has 0 aromatic heterocycles. The zero-order valence-electron chi connectivity index (χ0n) is 14.0. The Hall–Kier alpha value is -1.97. The van der Waals surface area contributed by atoms with Crippen molar-refractivity contribution in [2.24, 2.45) is 5.92 Å². The Bertz CT molecular complexity index is 609. The normalized spacial score (nSPS) is 20.9. The van der Waals surface area contributed by atoms with E-state index in [1.807, 2.05) is 17.0 Å². The number of methoxy groups -OCH3 is 2. The van der Waals surface area contributed by atoms with Crippen LogP contribution in [-0.4, -0.2) is 38.1 Å². The molecule has 0 saturated heterocycles. The zero-order valence-corrected chi connectivity index (χ0v) is 14.0. The van der Waals surface area contributed by atoms with Crippen molar-refractivity contribution in [2.75, 3.05) is 27.3 Å². The Balaban J connectivity index is 1.77. The first-order valence-electron chi connectivity index (χ1n) is 8.39. The third-order valence-electron chi connectivity index (χ3n) is 4.86. The molecule has 0 N–H and O–H groups in total. The summed E-state index contributed by atoms with van der Waals surface area (Å²) in [5, 5.41) is 0. The molecule has 1 amide bonds. The summed E-state index contributed by atoms with van der Waals surface area (Å²) in [6.45, 7) is 1.63. The van der Waals surface area contributed by atoms with Gasteiger partial charge in [-0.05, 0) is 54.9 Å². The maximum Gasteiger partial charge on any atom is 0.227 e. The molecule has 4 nitrogen and oxygen atoms in total. The average Bonchev–Trinajstić information content (AvgIpc) is 2.73. The van der Waals surface area contributed by atoms with E-state index in [9.17, 15) is 4.79 Å². The first-order valence-corrected chi connectivity index (χ1v) is 8.39. The van der Waals surface area contributed by atoms with E-state index < -0.39 is 0 Å². The average molecular weight is 315 g/mol. The maximum absolute atomic E-state index is 12.6. The number of carbonyl (C=O) groups excluding carboxylic acids is 1.